The minimum atomic E-state index is -4.57. The predicted octanol–water partition coefficient (Wildman–Crippen LogP) is 6.92. The van der Waals surface area contributed by atoms with Crippen molar-refractivity contribution in [2.24, 2.45) is 46.8 Å². The van der Waals surface area contributed by atoms with Gasteiger partial charge in [-0.25, -0.2) is 0 Å². The standard InChI is InChI=1S/C76H119ClF6N12O13/c1-15-22-48-37-55-65(100)86-74(43-73(4,5)44-74)72(107)93(13)63(49-23-19-20-24-49)71(106)92(12)56(67(102)87(6)7)38-60(97)91(11)58(42-108-14)64(99)85-62(45(3)16-2)70(105)89(9)41-61(98)90(10)54-25-18-17-21-34-94(69(54)104)57(36-47-26-30-50(31-27-47)75(78,79)80)68(103)88(8)40-59(96)84-53(66(101)95(55)39-48)33-29-46-28-32-51(52(77)35-46)76(81,82)83/h17-18,45-58,62-63H,15-16,19-44H2,1-14H3,(H,84,96)(H,85,99)(H,86,100)/b18-17-/t45-,46?,47?,48+,50?,51?,52?,53-,54-,55-,56-,57-,58-,62-,63-/m0/s1. The number of fused-ring (bicyclic) bond motifs is 3. The van der Waals surface area contributed by atoms with Crippen molar-refractivity contribution in [1.82, 2.24) is 60.0 Å². The summed E-state index contributed by atoms with van der Waals surface area (Å²) in [5, 5.41) is 7.39. The summed E-state index contributed by atoms with van der Waals surface area (Å²) in [6, 6.07) is -11.0. The van der Waals surface area contributed by atoms with E-state index in [0.717, 1.165) is 24.5 Å². The van der Waals surface area contributed by atoms with Gasteiger partial charge in [-0.3, -0.25) is 57.5 Å². The molecule has 108 heavy (non-hydrogen) atoms. The average Bonchev–Trinajstić information content (AvgIpc) is 0.943. The lowest BCUT2D eigenvalue weighted by Gasteiger charge is -2.54. The number of rotatable bonds is 13. The first kappa shape index (κ1) is 88.4. The summed E-state index contributed by atoms with van der Waals surface area (Å²) < 4.78 is 90.4. The van der Waals surface area contributed by atoms with Crippen LogP contribution in [0.2, 0.25) is 0 Å². The van der Waals surface area contributed by atoms with Crippen LogP contribution in [0.1, 0.15) is 182 Å². The quantitative estimate of drug-likeness (QED) is 0.0961. The van der Waals surface area contributed by atoms with Gasteiger partial charge in [0.05, 0.1) is 38.0 Å². The summed E-state index contributed by atoms with van der Waals surface area (Å²) in [5.74, 6) is -14.6. The van der Waals surface area contributed by atoms with Crippen molar-refractivity contribution in [2.75, 3.05) is 96.3 Å². The average molecular weight is 1560 g/mol. The van der Waals surface area contributed by atoms with Gasteiger partial charge < -0.3 is 64.8 Å². The van der Waals surface area contributed by atoms with E-state index in [9.17, 15) is 55.1 Å². The summed E-state index contributed by atoms with van der Waals surface area (Å²) in [4.78, 5) is 192. The molecule has 0 aromatic rings. The lowest BCUT2D eigenvalue weighted by Crippen LogP contribution is -2.71. The number of halogens is 7. The van der Waals surface area contributed by atoms with Gasteiger partial charge in [-0.2, -0.15) is 26.3 Å². The molecule has 3 heterocycles. The van der Waals surface area contributed by atoms with Gasteiger partial charge in [0.15, 0.2) is 0 Å². The van der Waals surface area contributed by atoms with Crippen molar-refractivity contribution < 1.29 is 88.6 Å². The van der Waals surface area contributed by atoms with Crippen LogP contribution >= 0.6 is 11.6 Å². The lowest BCUT2D eigenvalue weighted by atomic mass is 9.58. The van der Waals surface area contributed by atoms with Gasteiger partial charge in [0.2, 0.25) is 70.9 Å². The maximum Gasteiger partial charge on any atom is 0.393 e. The molecule has 3 unspecified atom stereocenters. The van der Waals surface area contributed by atoms with Crippen molar-refractivity contribution in [2.45, 2.75) is 254 Å². The van der Waals surface area contributed by atoms with E-state index in [4.69, 9.17) is 16.3 Å². The number of carbonyl (C=O) groups is 12. The van der Waals surface area contributed by atoms with E-state index in [-0.39, 0.29) is 115 Å². The van der Waals surface area contributed by atoms with E-state index in [0.29, 0.717) is 44.9 Å². The molecule has 2 saturated heterocycles. The monoisotopic (exact) mass is 1560 g/mol. The highest BCUT2D eigenvalue weighted by Gasteiger charge is 2.60. The van der Waals surface area contributed by atoms with E-state index in [1.54, 1.807) is 26.0 Å². The van der Waals surface area contributed by atoms with Crippen molar-refractivity contribution in [3.63, 3.8) is 0 Å². The van der Waals surface area contributed by atoms with E-state index >= 15 is 28.8 Å². The fraction of sp³-hybridized carbons (Fsp3) is 0.816. The minimum Gasteiger partial charge on any atom is -0.382 e. The highest BCUT2D eigenvalue weighted by Crippen LogP contribution is 2.50. The van der Waals surface area contributed by atoms with Gasteiger partial charge in [0.25, 0.3) is 0 Å². The zero-order chi connectivity index (χ0) is 80.4. The van der Waals surface area contributed by atoms with E-state index in [1.165, 1.54) is 83.1 Å². The number of nitrogens with one attached hydrogen (secondary N) is 3. The Hall–Kier alpha value is -6.79. The molecule has 6 fully saturated rings. The van der Waals surface area contributed by atoms with Crippen LogP contribution in [0.15, 0.2) is 12.2 Å². The Morgan fingerprint density at radius 3 is 1.86 bits per heavy atom. The minimum absolute atomic E-state index is 0.0131. The first-order valence-corrected chi connectivity index (χ1v) is 39.2. The van der Waals surface area contributed by atoms with Crippen molar-refractivity contribution in [3.8, 4) is 0 Å². The molecule has 3 N–H and O–H groups in total. The Kier molecular flexibility index (Phi) is 30.7. The largest absolute Gasteiger partial charge is 0.393 e. The topological polar surface area (TPSA) is 279 Å². The second kappa shape index (κ2) is 37.5. The first-order valence-electron chi connectivity index (χ1n) is 38.7. The molecule has 32 heteroatoms. The van der Waals surface area contributed by atoms with Crippen LogP contribution in [0.25, 0.3) is 0 Å². The number of hydrogen-bond acceptors (Lipinski definition) is 13. The smallest absolute Gasteiger partial charge is 0.382 e. The third kappa shape index (κ3) is 21.5. The van der Waals surface area contributed by atoms with Crippen LogP contribution in [0.3, 0.4) is 0 Å². The van der Waals surface area contributed by atoms with E-state index in [1.807, 2.05) is 20.8 Å². The highest BCUT2D eigenvalue weighted by molar-refractivity contribution is 6.21. The number of ether oxygens (including phenoxy) is 1. The number of methoxy groups -OCH3 is 1. The third-order valence-corrected chi connectivity index (χ3v) is 24.8. The Bertz CT molecular complexity index is 3250. The molecule has 1 spiro atoms. The molecule has 2 bridgehead atoms. The molecule has 12 amide bonds. The molecule has 7 rings (SSSR count). The zero-order valence-electron chi connectivity index (χ0n) is 65.7. The normalized spacial score (nSPS) is 31.7. The summed E-state index contributed by atoms with van der Waals surface area (Å²) >= 11 is 6.45. The first-order chi connectivity index (χ1) is 50.5. The Morgan fingerprint density at radius 2 is 1.29 bits per heavy atom. The van der Waals surface area contributed by atoms with Crippen LogP contribution < -0.4 is 16.0 Å². The zero-order valence-corrected chi connectivity index (χ0v) is 66.4. The molecule has 4 saturated carbocycles. The molecule has 13 atom stereocenters. The molecule has 0 radical (unpaired) electrons. The fourth-order valence-electron chi connectivity index (χ4n) is 17.9. The molecule has 7 aliphatic rings. The predicted molar refractivity (Wildman–Crippen MR) is 390 cm³/mol. The number of hydrogen-bond donors (Lipinski definition) is 3. The van der Waals surface area contributed by atoms with E-state index in [2.05, 4.69) is 16.0 Å². The lowest BCUT2D eigenvalue weighted by molar-refractivity contribution is -0.184. The number of amides is 12. The van der Waals surface area contributed by atoms with E-state index < -0.39 is 210 Å². The van der Waals surface area contributed by atoms with Crippen LogP contribution in [-0.4, -0.2) is 283 Å². The number of alkyl halides is 7. The number of likely N-dealkylation sites (N-methyl/N-ethyl adjacent to an activating group) is 7. The summed E-state index contributed by atoms with van der Waals surface area (Å²) in [7, 11) is 12.3. The highest BCUT2D eigenvalue weighted by atomic mass is 35.5. The third-order valence-electron chi connectivity index (χ3n) is 24.3. The van der Waals surface area contributed by atoms with Gasteiger partial charge in [-0.05, 0) is 151 Å². The Balaban J connectivity index is 1.33. The van der Waals surface area contributed by atoms with Gasteiger partial charge >= 0.3 is 12.4 Å². The second-order valence-electron chi connectivity index (χ2n) is 33.1. The summed E-state index contributed by atoms with van der Waals surface area (Å²) in [5.41, 5.74) is -2.21. The second-order valence-corrected chi connectivity index (χ2v) is 33.7. The van der Waals surface area contributed by atoms with Gasteiger partial charge in [0, 0.05) is 82.0 Å². The molecule has 25 nitrogen and oxygen atoms in total. The molecule has 610 valence electrons. The van der Waals surface area contributed by atoms with Crippen LogP contribution in [-0.2, 0) is 62.3 Å². The van der Waals surface area contributed by atoms with Crippen molar-refractivity contribution >= 4 is 82.5 Å². The molecule has 4 aliphatic carbocycles. The van der Waals surface area contributed by atoms with Crippen molar-refractivity contribution in [3.05, 3.63) is 12.2 Å². The maximum absolute atomic E-state index is 15.8. The van der Waals surface area contributed by atoms with Gasteiger partial charge in [-0.1, -0.05) is 72.5 Å². The number of nitrogens with zero attached hydrogens (tertiary/aromatic N) is 9. The van der Waals surface area contributed by atoms with Crippen LogP contribution in [0, 0.1) is 46.8 Å². The van der Waals surface area contributed by atoms with Gasteiger partial charge in [0.1, 0.15) is 53.9 Å². The van der Waals surface area contributed by atoms with Crippen molar-refractivity contribution in [1.29, 1.82) is 0 Å². The summed E-state index contributed by atoms with van der Waals surface area (Å²) in [6.07, 6.45) is -2.89. The maximum atomic E-state index is 15.8. The molecule has 0 aromatic carbocycles. The van der Waals surface area contributed by atoms with Crippen LogP contribution in [0.5, 0.6) is 0 Å². The molecule has 3 aliphatic heterocycles. The Morgan fingerprint density at radius 1 is 0.657 bits per heavy atom. The SMILES string of the molecule is CCC[C@@H]1C[C@H]2C(=O)NC3(CC(C)(C)C3)C(=O)N(C)[C@@H](C3CCCC3)C(=O)N(C)[C@H](C(=O)N(C)C)CC(=O)N(C)[C@@H](COC)C(=O)N[C@@H]([C@@H](C)CC)C(=O)N(C)CC(=O)N(C)[C@H]3C/C=C\CCN(C3=O)[C@@H](CC3CCC(C(F)(F)F)CC3)C(=O)N(C)CC(=O)N[C@@H](CCC3CCC(C(F)(F)F)C(Cl)C3)C(=O)N2C1. The van der Waals surface area contributed by atoms with Crippen LogP contribution in [0.4, 0.5) is 26.3 Å². The Labute approximate surface area is 637 Å². The fourth-order valence-corrected chi connectivity index (χ4v) is 18.4. The molecule has 0 aromatic heterocycles. The molecular weight excluding hydrogens is 1440 g/mol. The van der Waals surface area contributed by atoms with Gasteiger partial charge in [-0.15, -0.1) is 11.6 Å². The molecular formula is C76H119ClF6N12O13. The number of carbonyl (C=O) groups excluding carboxylic acids is 12. The summed E-state index contributed by atoms with van der Waals surface area (Å²) in [6.45, 7) is 7.29.